The van der Waals surface area contributed by atoms with Crippen molar-refractivity contribution in [3.63, 3.8) is 0 Å². The molecule has 0 spiro atoms. The molecule has 2 N–H and O–H groups in total. The smallest absolute Gasteiger partial charge is 0.191 e. The molecule has 2 aliphatic rings. The van der Waals surface area contributed by atoms with Gasteiger partial charge in [0.1, 0.15) is 11.5 Å². The van der Waals surface area contributed by atoms with E-state index in [2.05, 4.69) is 33.4 Å². The van der Waals surface area contributed by atoms with Gasteiger partial charge in [0.15, 0.2) is 5.96 Å². The van der Waals surface area contributed by atoms with Crippen LogP contribution in [0.15, 0.2) is 21.5 Å². The predicted octanol–water partition coefficient (Wildman–Crippen LogP) is 1.86. The van der Waals surface area contributed by atoms with E-state index in [1.807, 2.05) is 13.0 Å². The Morgan fingerprint density at radius 1 is 1.07 bits per heavy atom. The highest BCUT2D eigenvalue weighted by Crippen LogP contribution is 2.24. The molecule has 0 aromatic carbocycles. The molecule has 172 valence electrons. The molecule has 3 rings (SSSR count). The Labute approximate surface area is 197 Å². The lowest BCUT2D eigenvalue weighted by Crippen LogP contribution is -2.42. The Bertz CT molecular complexity index is 616. The lowest BCUT2D eigenvalue weighted by molar-refractivity contribution is 0.0135. The highest BCUT2D eigenvalue weighted by molar-refractivity contribution is 14.0. The minimum atomic E-state index is 0. The van der Waals surface area contributed by atoms with Crippen LogP contribution in [0, 0.1) is 6.92 Å². The van der Waals surface area contributed by atoms with E-state index in [0.29, 0.717) is 6.54 Å². The maximum atomic E-state index is 5.95. The third kappa shape index (κ3) is 8.33. The third-order valence-corrected chi connectivity index (χ3v) is 5.39. The van der Waals surface area contributed by atoms with Gasteiger partial charge in [-0.1, -0.05) is 0 Å². The van der Waals surface area contributed by atoms with Crippen LogP contribution in [-0.2, 0) is 9.47 Å². The first-order valence-electron chi connectivity index (χ1n) is 11.0. The number of ether oxygens (including phenoxy) is 2. The normalized spacial score (nSPS) is 19.9. The van der Waals surface area contributed by atoms with Gasteiger partial charge in [-0.2, -0.15) is 0 Å². The van der Waals surface area contributed by atoms with Crippen LogP contribution in [-0.4, -0.2) is 94.5 Å². The number of aliphatic imine (C=N–C) groups is 1. The largest absolute Gasteiger partial charge is 0.465 e. The molecule has 3 heterocycles. The van der Waals surface area contributed by atoms with Crippen molar-refractivity contribution in [1.29, 1.82) is 0 Å². The van der Waals surface area contributed by atoms with E-state index < -0.39 is 0 Å². The molecule has 1 unspecified atom stereocenters. The maximum absolute atomic E-state index is 5.95. The van der Waals surface area contributed by atoms with Gasteiger partial charge in [-0.25, -0.2) is 0 Å². The van der Waals surface area contributed by atoms with E-state index in [1.165, 1.54) is 0 Å². The summed E-state index contributed by atoms with van der Waals surface area (Å²) in [5, 5.41) is 6.85. The molecule has 2 fully saturated rings. The van der Waals surface area contributed by atoms with Crippen molar-refractivity contribution in [2.24, 2.45) is 4.99 Å². The molecule has 2 aliphatic heterocycles. The van der Waals surface area contributed by atoms with Gasteiger partial charge in [0.2, 0.25) is 0 Å². The summed E-state index contributed by atoms with van der Waals surface area (Å²) in [5.41, 5.74) is 0. The molecular formula is C21H38IN5O3. The Hall–Kier alpha value is -0.880. The van der Waals surface area contributed by atoms with Crippen LogP contribution in [0.25, 0.3) is 0 Å². The first kappa shape index (κ1) is 25.4. The molecule has 30 heavy (non-hydrogen) atoms. The second-order valence-electron chi connectivity index (χ2n) is 7.57. The second-order valence-corrected chi connectivity index (χ2v) is 7.57. The Morgan fingerprint density at radius 3 is 2.40 bits per heavy atom. The quantitative estimate of drug-likeness (QED) is 0.217. The number of nitrogens with one attached hydrogen (secondary N) is 2. The third-order valence-electron chi connectivity index (χ3n) is 5.39. The molecule has 8 nitrogen and oxygen atoms in total. The first-order chi connectivity index (χ1) is 14.3. The summed E-state index contributed by atoms with van der Waals surface area (Å²) in [6.07, 6.45) is 1.09. The molecule has 1 aromatic heterocycles. The van der Waals surface area contributed by atoms with E-state index in [9.17, 15) is 0 Å². The van der Waals surface area contributed by atoms with Crippen LogP contribution < -0.4 is 10.6 Å². The van der Waals surface area contributed by atoms with E-state index >= 15 is 0 Å². The fraction of sp³-hybridized carbons (Fsp3) is 0.762. The van der Waals surface area contributed by atoms with Crippen molar-refractivity contribution in [2.45, 2.75) is 26.3 Å². The van der Waals surface area contributed by atoms with Crippen LogP contribution in [0.4, 0.5) is 0 Å². The second kappa shape index (κ2) is 14.2. The van der Waals surface area contributed by atoms with Gasteiger partial charge in [-0.15, -0.1) is 24.0 Å². The minimum absolute atomic E-state index is 0. The summed E-state index contributed by atoms with van der Waals surface area (Å²) < 4.78 is 16.9. The number of furan rings is 1. The van der Waals surface area contributed by atoms with Gasteiger partial charge in [0.25, 0.3) is 0 Å². The number of rotatable bonds is 9. The van der Waals surface area contributed by atoms with Gasteiger partial charge in [0, 0.05) is 39.3 Å². The van der Waals surface area contributed by atoms with Gasteiger partial charge in [-0.3, -0.25) is 14.8 Å². The average molecular weight is 535 g/mol. The fourth-order valence-electron chi connectivity index (χ4n) is 3.76. The Kier molecular flexibility index (Phi) is 12.0. The molecule has 1 aromatic rings. The monoisotopic (exact) mass is 535 g/mol. The highest BCUT2D eigenvalue weighted by Gasteiger charge is 2.25. The fourth-order valence-corrected chi connectivity index (χ4v) is 3.76. The van der Waals surface area contributed by atoms with Gasteiger partial charge < -0.3 is 24.5 Å². The SMILES string of the molecule is CCNC(=NCC(c1ccc(C)o1)N1CCOCC1)NCCCN1CCOCC1.I. The maximum Gasteiger partial charge on any atom is 0.191 e. The lowest BCUT2D eigenvalue weighted by Gasteiger charge is -2.32. The lowest BCUT2D eigenvalue weighted by atomic mass is 10.1. The van der Waals surface area contributed by atoms with Crippen LogP contribution in [0.5, 0.6) is 0 Å². The van der Waals surface area contributed by atoms with Crippen molar-refractivity contribution in [3.8, 4) is 0 Å². The van der Waals surface area contributed by atoms with Crippen LogP contribution in [0.1, 0.15) is 30.9 Å². The molecule has 9 heteroatoms. The van der Waals surface area contributed by atoms with E-state index in [0.717, 1.165) is 96.1 Å². The Balaban J connectivity index is 0.00000320. The van der Waals surface area contributed by atoms with Crippen LogP contribution in [0.2, 0.25) is 0 Å². The molecule has 0 amide bonds. The van der Waals surface area contributed by atoms with Crippen LogP contribution in [0.3, 0.4) is 0 Å². The van der Waals surface area contributed by atoms with Crippen molar-refractivity contribution in [3.05, 3.63) is 23.7 Å². The van der Waals surface area contributed by atoms with Crippen molar-refractivity contribution in [2.75, 3.05) is 78.8 Å². The summed E-state index contributed by atoms with van der Waals surface area (Å²) in [7, 11) is 0. The number of halogens is 1. The number of hydrogen-bond donors (Lipinski definition) is 2. The zero-order chi connectivity index (χ0) is 20.3. The topological polar surface area (TPSA) is 74.5 Å². The summed E-state index contributed by atoms with van der Waals surface area (Å²) >= 11 is 0. The molecule has 1 atom stereocenters. The number of hydrogen-bond acceptors (Lipinski definition) is 6. The molecule has 2 saturated heterocycles. The summed E-state index contributed by atoms with van der Waals surface area (Å²) in [5.74, 6) is 2.79. The van der Waals surface area contributed by atoms with E-state index in [1.54, 1.807) is 0 Å². The van der Waals surface area contributed by atoms with Gasteiger partial charge in [-0.05, 0) is 38.9 Å². The number of guanidine groups is 1. The molecule has 0 bridgehead atoms. The van der Waals surface area contributed by atoms with Crippen molar-refractivity contribution < 1.29 is 13.9 Å². The highest BCUT2D eigenvalue weighted by atomic mass is 127. The molecular weight excluding hydrogens is 497 g/mol. The van der Waals surface area contributed by atoms with Gasteiger partial charge >= 0.3 is 0 Å². The standard InChI is InChI=1S/C21H37N5O3.HI/c1-3-22-21(23-7-4-8-25-9-13-27-14-10-25)24-17-19(20-6-5-18(2)29-20)26-11-15-28-16-12-26;/h5-6,19H,3-4,7-17H2,1-2H3,(H2,22,23,24);1H. The molecule has 0 saturated carbocycles. The number of morpholine rings is 2. The zero-order valence-corrected chi connectivity index (χ0v) is 20.7. The van der Waals surface area contributed by atoms with E-state index in [-0.39, 0.29) is 30.0 Å². The Morgan fingerprint density at radius 2 is 1.77 bits per heavy atom. The first-order valence-corrected chi connectivity index (χ1v) is 11.0. The van der Waals surface area contributed by atoms with Crippen molar-refractivity contribution in [1.82, 2.24) is 20.4 Å². The van der Waals surface area contributed by atoms with Crippen LogP contribution >= 0.6 is 24.0 Å². The van der Waals surface area contributed by atoms with Gasteiger partial charge in [0.05, 0.1) is 39.0 Å². The summed E-state index contributed by atoms with van der Waals surface area (Å²) in [4.78, 5) is 9.75. The summed E-state index contributed by atoms with van der Waals surface area (Å²) in [6, 6.07) is 4.24. The minimum Gasteiger partial charge on any atom is -0.465 e. The predicted molar refractivity (Wildman–Crippen MR) is 130 cm³/mol. The molecule has 0 aliphatic carbocycles. The number of nitrogens with zero attached hydrogens (tertiary/aromatic N) is 3. The number of aryl methyl sites for hydroxylation is 1. The summed E-state index contributed by atoms with van der Waals surface area (Å²) in [6.45, 7) is 14.7. The zero-order valence-electron chi connectivity index (χ0n) is 18.4. The van der Waals surface area contributed by atoms with E-state index in [4.69, 9.17) is 18.9 Å². The molecule has 0 radical (unpaired) electrons. The average Bonchev–Trinajstić information content (AvgIpc) is 3.18. The van der Waals surface area contributed by atoms with Crippen molar-refractivity contribution >= 4 is 29.9 Å².